The lowest BCUT2D eigenvalue weighted by molar-refractivity contribution is 0.116. The van der Waals surface area contributed by atoms with Crippen LogP contribution in [-0.4, -0.2) is 45.9 Å². The van der Waals surface area contributed by atoms with Crippen LogP contribution < -0.4 is 0 Å². The summed E-state index contributed by atoms with van der Waals surface area (Å²) in [7, 11) is 2.38. The topological polar surface area (TPSA) is 56.4 Å². The summed E-state index contributed by atoms with van der Waals surface area (Å²) in [5.41, 5.74) is 0.211. The number of aromatic nitrogens is 2. The van der Waals surface area contributed by atoms with Crippen LogP contribution in [0.1, 0.15) is 6.92 Å². The van der Waals surface area contributed by atoms with E-state index in [4.69, 9.17) is 13.3 Å². The predicted octanol–water partition coefficient (Wildman–Crippen LogP) is 1.77. The Labute approximate surface area is 101 Å². The summed E-state index contributed by atoms with van der Waals surface area (Å²) >= 11 is 1.64. The summed E-state index contributed by atoms with van der Waals surface area (Å²) in [6.45, 7) is 2.07. The molecule has 0 aliphatic rings. The molecule has 7 heteroatoms. The van der Waals surface area contributed by atoms with Crippen LogP contribution in [0.5, 0.6) is 0 Å². The number of aromatic amines is 1. The van der Waals surface area contributed by atoms with E-state index in [0.717, 1.165) is 10.9 Å². The number of hydrogen-bond donors (Lipinski definition) is 1. The summed E-state index contributed by atoms with van der Waals surface area (Å²) < 4.78 is 16.3. The van der Waals surface area contributed by atoms with E-state index in [-0.39, 0.29) is 5.54 Å². The van der Waals surface area contributed by atoms with Crippen LogP contribution >= 0.6 is 11.8 Å². The van der Waals surface area contributed by atoms with Crippen molar-refractivity contribution in [1.29, 1.82) is 0 Å². The minimum atomic E-state index is -2.52. The van der Waals surface area contributed by atoms with Crippen molar-refractivity contribution in [3.05, 3.63) is 12.4 Å². The molecular weight excluding hydrogens is 244 g/mol. The summed E-state index contributed by atoms with van der Waals surface area (Å²) in [6.07, 6.45) is 3.54. The van der Waals surface area contributed by atoms with Gasteiger partial charge in [0.1, 0.15) is 0 Å². The van der Waals surface area contributed by atoms with Crippen molar-refractivity contribution >= 4 is 20.6 Å². The van der Waals surface area contributed by atoms with Gasteiger partial charge in [-0.3, -0.25) is 0 Å². The summed E-state index contributed by atoms with van der Waals surface area (Å²) in [6, 6.07) is 0. The Hall–Kier alpha value is -0.343. The third-order valence-corrected chi connectivity index (χ3v) is 6.98. The number of hydrogen-bond acceptors (Lipinski definition) is 5. The van der Waals surface area contributed by atoms with Gasteiger partial charge >= 0.3 is 8.80 Å². The minimum Gasteiger partial charge on any atom is -0.377 e. The standard InChI is InChI=1S/C9H18N2O3SSi/c1-8(16(12-2,13-3)14-4)7-15-9-10-5-6-11-9/h5-6,8H,7H2,1-4H3,(H,10,11). The fourth-order valence-electron chi connectivity index (χ4n) is 1.49. The zero-order valence-corrected chi connectivity index (χ0v) is 11.8. The molecule has 0 spiro atoms. The van der Waals surface area contributed by atoms with Crippen LogP contribution in [0.15, 0.2) is 17.6 Å². The maximum Gasteiger partial charge on any atom is 0.503 e. The number of imidazole rings is 1. The molecule has 0 aliphatic heterocycles. The molecule has 0 saturated carbocycles. The molecule has 5 nitrogen and oxygen atoms in total. The highest BCUT2D eigenvalue weighted by atomic mass is 32.2. The van der Waals surface area contributed by atoms with E-state index >= 15 is 0 Å². The van der Waals surface area contributed by atoms with Crippen LogP contribution in [0, 0.1) is 0 Å². The molecule has 1 aromatic rings. The van der Waals surface area contributed by atoms with Crippen molar-refractivity contribution in [1.82, 2.24) is 9.97 Å². The highest BCUT2D eigenvalue weighted by Crippen LogP contribution is 2.29. The van der Waals surface area contributed by atoms with Crippen LogP contribution in [0.2, 0.25) is 5.54 Å². The zero-order chi connectivity index (χ0) is 12.0. The molecule has 92 valence electrons. The summed E-state index contributed by atoms with van der Waals surface area (Å²) in [5.74, 6) is 0.843. The van der Waals surface area contributed by atoms with Gasteiger partial charge < -0.3 is 18.3 Å². The summed E-state index contributed by atoms with van der Waals surface area (Å²) in [5, 5.41) is 0.901. The Kier molecular flexibility index (Phi) is 5.49. The lowest BCUT2D eigenvalue weighted by Gasteiger charge is -2.29. The molecular formula is C9H18N2O3SSi. The van der Waals surface area contributed by atoms with Gasteiger partial charge in [-0.25, -0.2) is 4.98 Å². The van der Waals surface area contributed by atoms with Crippen molar-refractivity contribution in [3.63, 3.8) is 0 Å². The van der Waals surface area contributed by atoms with Gasteiger partial charge in [0.25, 0.3) is 0 Å². The normalized spacial score (nSPS) is 14.0. The van der Waals surface area contributed by atoms with Gasteiger partial charge in [-0.1, -0.05) is 18.7 Å². The van der Waals surface area contributed by atoms with E-state index in [2.05, 4.69) is 16.9 Å². The van der Waals surface area contributed by atoms with Gasteiger partial charge in [0.2, 0.25) is 0 Å². The van der Waals surface area contributed by atoms with E-state index in [1.54, 1.807) is 45.5 Å². The quantitative estimate of drug-likeness (QED) is 0.599. The van der Waals surface area contributed by atoms with Crippen molar-refractivity contribution in [3.8, 4) is 0 Å². The second kappa shape index (κ2) is 6.41. The number of nitrogens with zero attached hydrogens (tertiary/aromatic N) is 1. The molecule has 0 bridgehead atoms. The van der Waals surface area contributed by atoms with Gasteiger partial charge in [0, 0.05) is 45.0 Å². The fraction of sp³-hybridized carbons (Fsp3) is 0.667. The molecule has 1 atom stereocenters. The molecule has 0 aliphatic carbocycles. The van der Waals surface area contributed by atoms with Crippen molar-refractivity contribution < 1.29 is 13.3 Å². The number of nitrogens with one attached hydrogen (secondary N) is 1. The maximum atomic E-state index is 5.42. The molecule has 0 radical (unpaired) electrons. The zero-order valence-electron chi connectivity index (χ0n) is 10.0. The van der Waals surface area contributed by atoms with Gasteiger partial charge in [-0.15, -0.1) is 0 Å². The van der Waals surface area contributed by atoms with Gasteiger partial charge in [0.05, 0.1) is 0 Å². The second-order valence-electron chi connectivity index (χ2n) is 3.32. The Balaban J connectivity index is 2.52. The predicted molar refractivity (Wildman–Crippen MR) is 65.5 cm³/mol. The molecule has 1 rings (SSSR count). The number of H-pyrrole nitrogens is 1. The monoisotopic (exact) mass is 262 g/mol. The molecule has 16 heavy (non-hydrogen) atoms. The minimum absolute atomic E-state index is 0.211. The average molecular weight is 262 g/mol. The molecule has 1 aromatic heterocycles. The van der Waals surface area contributed by atoms with Crippen molar-refractivity contribution in [2.45, 2.75) is 17.6 Å². The third kappa shape index (κ3) is 3.08. The molecule has 0 aromatic carbocycles. The highest BCUT2D eigenvalue weighted by Gasteiger charge is 2.44. The first-order valence-corrected chi connectivity index (χ1v) is 7.75. The summed E-state index contributed by atoms with van der Waals surface area (Å²) in [4.78, 5) is 7.19. The smallest absolute Gasteiger partial charge is 0.377 e. The largest absolute Gasteiger partial charge is 0.503 e. The first-order valence-electron chi connectivity index (χ1n) is 4.96. The molecule has 0 amide bonds. The van der Waals surface area contributed by atoms with Crippen molar-refractivity contribution in [2.75, 3.05) is 27.1 Å². The number of rotatable bonds is 7. The second-order valence-corrected chi connectivity index (χ2v) is 7.75. The van der Waals surface area contributed by atoms with Crippen LogP contribution in [-0.2, 0) is 13.3 Å². The van der Waals surface area contributed by atoms with E-state index in [0.29, 0.717) is 0 Å². The molecule has 0 saturated heterocycles. The third-order valence-electron chi connectivity index (χ3n) is 2.40. The Morgan fingerprint density at radius 2 is 2.00 bits per heavy atom. The Morgan fingerprint density at radius 1 is 1.38 bits per heavy atom. The van der Waals surface area contributed by atoms with Gasteiger partial charge in [0.15, 0.2) is 5.16 Å². The van der Waals surface area contributed by atoms with E-state index < -0.39 is 8.80 Å². The van der Waals surface area contributed by atoms with E-state index in [9.17, 15) is 0 Å². The lowest BCUT2D eigenvalue weighted by atomic mass is 10.6. The molecule has 0 fully saturated rings. The lowest BCUT2D eigenvalue weighted by Crippen LogP contribution is -2.47. The first kappa shape index (κ1) is 13.7. The average Bonchev–Trinajstić information content (AvgIpc) is 2.82. The molecule has 1 N–H and O–H groups in total. The highest BCUT2D eigenvalue weighted by molar-refractivity contribution is 7.99. The Morgan fingerprint density at radius 3 is 2.44 bits per heavy atom. The van der Waals surface area contributed by atoms with Crippen LogP contribution in [0.25, 0.3) is 0 Å². The van der Waals surface area contributed by atoms with E-state index in [1.807, 2.05) is 0 Å². The SMILES string of the molecule is CO[Si](OC)(OC)C(C)CSc1ncc[nH]1. The maximum absolute atomic E-state index is 5.42. The van der Waals surface area contributed by atoms with Crippen LogP contribution in [0.4, 0.5) is 0 Å². The fourth-order valence-corrected chi connectivity index (χ4v) is 4.96. The Bertz CT molecular complexity index is 285. The van der Waals surface area contributed by atoms with Crippen molar-refractivity contribution in [2.24, 2.45) is 0 Å². The first-order chi connectivity index (χ1) is 7.68. The van der Waals surface area contributed by atoms with Gasteiger partial charge in [-0.2, -0.15) is 0 Å². The van der Waals surface area contributed by atoms with Crippen LogP contribution in [0.3, 0.4) is 0 Å². The molecule has 1 heterocycles. The van der Waals surface area contributed by atoms with E-state index in [1.165, 1.54) is 0 Å². The van der Waals surface area contributed by atoms with Gasteiger partial charge in [-0.05, 0) is 0 Å². The number of thioether (sulfide) groups is 1. The molecule has 1 unspecified atom stereocenters.